The summed E-state index contributed by atoms with van der Waals surface area (Å²) in [6, 6.07) is 5.72. The molecule has 0 aromatic heterocycles. The van der Waals surface area contributed by atoms with Crippen LogP contribution in [0.5, 0.6) is 5.75 Å². The third-order valence-electron chi connectivity index (χ3n) is 3.95. The van der Waals surface area contributed by atoms with Crippen molar-refractivity contribution in [3.63, 3.8) is 0 Å². The molecule has 3 rings (SSSR count). The number of anilines is 1. The topological polar surface area (TPSA) is 59.6 Å². The summed E-state index contributed by atoms with van der Waals surface area (Å²) in [5.74, 6) is 0.980. The quantitative estimate of drug-likeness (QED) is 0.881. The highest BCUT2D eigenvalue weighted by atomic mass is 16.5. The summed E-state index contributed by atoms with van der Waals surface area (Å²) in [6.45, 7) is 4.91. The second kappa shape index (κ2) is 5.71. The number of nitrogens with one attached hydrogen (secondary N) is 2. The minimum absolute atomic E-state index is 0.0788. The molecule has 2 aliphatic heterocycles. The van der Waals surface area contributed by atoms with E-state index in [-0.39, 0.29) is 11.9 Å². The Kier molecular flexibility index (Phi) is 3.78. The molecule has 2 N–H and O–H groups in total. The number of carbonyl (C=O) groups is 1. The lowest BCUT2D eigenvalue weighted by Gasteiger charge is -2.23. The maximum absolute atomic E-state index is 12.4. The number of amides is 1. The van der Waals surface area contributed by atoms with Gasteiger partial charge in [0.2, 0.25) is 0 Å². The number of hydrogen-bond acceptors (Lipinski definition) is 4. The average molecular weight is 276 g/mol. The summed E-state index contributed by atoms with van der Waals surface area (Å²) in [5.41, 5.74) is 1.49. The highest BCUT2D eigenvalue weighted by molar-refractivity contribution is 5.99. The van der Waals surface area contributed by atoms with E-state index in [0.29, 0.717) is 23.8 Å². The van der Waals surface area contributed by atoms with Crippen molar-refractivity contribution < 1.29 is 14.3 Å². The molecule has 2 unspecified atom stereocenters. The minimum atomic E-state index is -0.0788. The fourth-order valence-electron chi connectivity index (χ4n) is 2.70. The number of fused-ring (bicyclic) bond motifs is 1. The van der Waals surface area contributed by atoms with Crippen molar-refractivity contribution >= 4 is 11.6 Å². The molecule has 2 atom stereocenters. The van der Waals surface area contributed by atoms with Crippen molar-refractivity contribution in [1.82, 2.24) is 5.32 Å². The maximum atomic E-state index is 12.4. The van der Waals surface area contributed by atoms with Crippen LogP contribution >= 0.6 is 0 Å². The van der Waals surface area contributed by atoms with E-state index in [1.54, 1.807) is 6.07 Å². The Morgan fingerprint density at radius 3 is 3.15 bits per heavy atom. The molecule has 0 radical (unpaired) electrons. The van der Waals surface area contributed by atoms with Crippen molar-refractivity contribution in [1.29, 1.82) is 0 Å². The number of benzene rings is 1. The Labute approximate surface area is 118 Å². The van der Waals surface area contributed by atoms with E-state index in [1.807, 2.05) is 19.1 Å². The summed E-state index contributed by atoms with van der Waals surface area (Å²) in [7, 11) is 0. The van der Waals surface area contributed by atoms with E-state index in [4.69, 9.17) is 9.47 Å². The lowest BCUT2D eigenvalue weighted by molar-refractivity contribution is 0.0918. The van der Waals surface area contributed by atoms with E-state index in [9.17, 15) is 4.79 Å². The van der Waals surface area contributed by atoms with Gasteiger partial charge in [-0.05, 0) is 25.5 Å². The Bertz CT molecular complexity index is 498. The zero-order valence-corrected chi connectivity index (χ0v) is 11.6. The predicted molar refractivity (Wildman–Crippen MR) is 76.3 cm³/mol. The van der Waals surface area contributed by atoms with Crippen LogP contribution in [0.3, 0.4) is 0 Å². The molecular weight excluding hydrogens is 256 g/mol. The molecule has 5 nitrogen and oxygen atoms in total. The van der Waals surface area contributed by atoms with E-state index in [1.165, 1.54) is 0 Å². The fraction of sp³-hybridized carbons (Fsp3) is 0.533. The molecule has 0 saturated carbocycles. The molecule has 2 heterocycles. The van der Waals surface area contributed by atoms with E-state index < -0.39 is 0 Å². The van der Waals surface area contributed by atoms with Gasteiger partial charge >= 0.3 is 0 Å². The molecule has 1 fully saturated rings. The number of ether oxygens (including phenoxy) is 2. The smallest absolute Gasteiger partial charge is 0.255 e. The molecule has 1 amide bonds. The van der Waals surface area contributed by atoms with Gasteiger partial charge in [-0.1, -0.05) is 6.07 Å². The monoisotopic (exact) mass is 276 g/mol. The second-order valence-electron chi connectivity index (χ2n) is 5.34. The van der Waals surface area contributed by atoms with Crippen molar-refractivity contribution in [3.8, 4) is 5.75 Å². The second-order valence-corrected chi connectivity index (χ2v) is 5.34. The highest BCUT2D eigenvalue weighted by Gasteiger charge is 2.25. The van der Waals surface area contributed by atoms with Crippen LogP contribution in [0.25, 0.3) is 0 Å². The molecule has 1 aromatic rings. The van der Waals surface area contributed by atoms with Crippen LogP contribution in [0.1, 0.15) is 23.7 Å². The zero-order chi connectivity index (χ0) is 13.9. The largest absolute Gasteiger partial charge is 0.489 e. The summed E-state index contributed by atoms with van der Waals surface area (Å²) >= 11 is 0. The summed E-state index contributed by atoms with van der Waals surface area (Å²) in [4.78, 5) is 12.4. The first kappa shape index (κ1) is 13.2. The van der Waals surface area contributed by atoms with Gasteiger partial charge in [-0.25, -0.2) is 0 Å². The van der Waals surface area contributed by atoms with Crippen molar-refractivity contribution in [2.45, 2.75) is 19.4 Å². The SMILES string of the molecule is CC(NC(=O)c1cccc2c1OCCN2)C1CCOC1. The Balaban J connectivity index is 1.73. The van der Waals surface area contributed by atoms with Crippen LogP contribution in [0.15, 0.2) is 18.2 Å². The lowest BCUT2D eigenvalue weighted by atomic mass is 10.00. The van der Waals surface area contributed by atoms with Crippen LogP contribution in [0.2, 0.25) is 0 Å². The van der Waals surface area contributed by atoms with Gasteiger partial charge in [-0.2, -0.15) is 0 Å². The fourth-order valence-corrected chi connectivity index (χ4v) is 2.70. The summed E-state index contributed by atoms with van der Waals surface area (Å²) in [5, 5.41) is 6.30. The van der Waals surface area contributed by atoms with Gasteiger partial charge in [0.25, 0.3) is 5.91 Å². The highest BCUT2D eigenvalue weighted by Crippen LogP contribution is 2.31. The zero-order valence-electron chi connectivity index (χ0n) is 11.6. The third kappa shape index (κ3) is 2.58. The van der Waals surface area contributed by atoms with Gasteiger partial charge in [-0.15, -0.1) is 0 Å². The molecule has 1 aromatic carbocycles. The lowest BCUT2D eigenvalue weighted by Crippen LogP contribution is -2.38. The molecule has 0 spiro atoms. The van der Waals surface area contributed by atoms with Gasteiger partial charge in [0.15, 0.2) is 5.75 Å². The third-order valence-corrected chi connectivity index (χ3v) is 3.95. The molecule has 20 heavy (non-hydrogen) atoms. The van der Waals surface area contributed by atoms with Gasteiger partial charge in [-0.3, -0.25) is 4.79 Å². The van der Waals surface area contributed by atoms with Crippen LogP contribution < -0.4 is 15.4 Å². The van der Waals surface area contributed by atoms with Crippen LogP contribution in [-0.4, -0.2) is 38.3 Å². The summed E-state index contributed by atoms with van der Waals surface area (Å²) < 4.78 is 11.0. The van der Waals surface area contributed by atoms with Crippen LogP contribution in [0, 0.1) is 5.92 Å². The molecule has 5 heteroatoms. The Morgan fingerprint density at radius 2 is 2.35 bits per heavy atom. The van der Waals surface area contributed by atoms with E-state index in [0.717, 1.165) is 31.9 Å². The van der Waals surface area contributed by atoms with E-state index >= 15 is 0 Å². The van der Waals surface area contributed by atoms with E-state index in [2.05, 4.69) is 10.6 Å². The number of hydrogen-bond donors (Lipinski definition) is 2. The van der Waals surface area contributed by atoms with Crippen molar-refractivity contribution in [2.24, 2.45) is 5.92 Å². The normalized spacial score (nSPS) is 22.4. The van der Waals surface area contributed by atoms with Crippen LogP contribution in [-0.2, 0) is 4.74 Å². The maximum Gasteiger partial charge on any atom is 0.255 e. The number of rotatable bonds is 3. The predicted octanol–water partition coefficient (Wildman–Crippen LogP) is 1.65. The first-order chi connectivity index (χ1) is 9.75. The first-order valence-electron chi connectivity index (χ1n) is 7.14. The number of carbonyl (C=O) groups excluding carboxylic acids is 1. The van der Waals surface area contributed by atoms with Gasteiger partial charge in [0.1, 0.15) is 6.61 Å². The molecule has 0 bridgehead atoms. The number of para-hydroxylation sites is 1. The Hall–Kier alpha value is -1.75. The first-order valence-corrected chi connectivity index (χ1v) is 7.14. The average Bonchev–Trinajstić information content (AvgIpc) is 3.01. The minimum Gasteiger partial charge on any atom is -0.489 e. The summed E-state index contributed by atoms with van der Waals surface area (Å²) in [6.07, 6.45) is 1.01. The van der Waals surface area contributed by atoms with Gasteiger partial charge < -0.3 is 20.1 Å². The van der Waals surface area contributed by atoms with Gasteiger partial charge in [0.05, 0.1) is 17.9 Å². The van der Waals surface area contributed by atoms with Crippen molar-refractivity contribution in [3.05, 3.63) is 23.8 Å². The molecule has 0 aliphatic carbocycles. The standard InChI is InChI=1S/C15H20N2O3/c1-10(11-5-7-19-9-11)17-15(18)12-3-2-4-13-14(12)20-8-6-16-13/h2-4,10-11,16H,5-9H2,1H3,(H,17,18). The molecular formula is C15H20N2O3. The molecule has 108 valence electrons. The van der Waals surface area contributed by atoms with Gasteiger partial charge in [0, 0.05) is 25.1 Å². The van der Waals surface area contributed by atoms with Crippen molar-refractivity contribution in [2.75, 3.05) is 31.7 Å². The Morgan fingerprint density at radius 1 is 1.45 bits per heavy atom. The van der Waals surface area contributed by atoms with Crippen LogP contribution in [0.4, 0.5) is 5.69 Å². The molecule has 2 aliphatic rings. The molecule has 1 saturated heterocycles.